The van der Waals surface area contributed by atoms with E-state index in [1.165, 1.54) is 0 Å². The Morgan fingerprint density at radius 1 is 1.62 bits per heavy atom. The number of nitrogens with one attached hydrogen (secondary N) is 1. The highest BCUT2D eigenvalue weighted by molar-refractivity contribution is 5.85. The minimum Gasteiger partial charge on any atom is -0.354 e. The minimum absolute atomic E-state index is 0.157. The molecule has 6 nitrogen and oxygen atoms in total. The molecule has 3 N–H and O–H groups in total. The number of carbonyl (C=O) groups excluding carboxylic acids is 1. The van der Waals surface area contributed by atoms with Gasteiger partial charge >= 0.3 is 0 Å². The quantitative estimate of drug-likeness (QED) is 0.746. The van der Waals surface area contributed by atoms with Crippen molar-refractivity contribution in [3.05, 3.63) is 11.7 Å². The van der Waals surface area contributed by atoms with E-state index >= 15 is 0 Å². The van der Waals surface area contributed by atoms with E-state index in [1.807, 2.05) is 6.92 Å². The molecule has 0 aromatic carbocycles. The van der Waals surface area contributed by atoms with Gasteiger partial charge in [-0.25, -0.2) is 0 Å². The molecule has 1 aromatic rings. The van der Waals surface area contributed by atoms with Crippen LogP contribution in [0.15, 0.2) is 4.52 Å². The van der Waals surface area contributed by atoms with E-state index in [2.05, 4.69) is 15.5 Å². The topological polar surface area (TPSA) is 94.0 Å². The fourth-order valence-corrected chi connectivity index (χ4v) is 1.09. The van der Waals surface area contributed by atoms with Crippen LogP contribution in [0.1, 0.15) is 32.0 Å². The van der Waals surface area contributed by atoms with Gasteiger partial charge in [0.2, 0.25) is 11.8 Å². The molecule has 0 saturated carbocycles. The standard InChI is InChI=1S/C10H18N4O2/c1-4-10(3,11)9(15)12-6-5-8-13-7(2)16-14-8/h4-6,11H2,1-3H3,(H,12,15). The van der Waals surface area contributed by atoms with Gasteiger partial charge in [-0.05, 0) is 13.3 Å². The second-order valence-corrected chi connectivity index (χ2v) is 4.01. The first-order chi connectivity index (χ1) is 7.45. The molecule has 1 atom stereocenters. The van der Waals surface area contributed by atoms with E-state index in [9.17, 15) is 4.79 Å². The van der Waals surface area contributed by atoms with Crippen molar-refractivity contribution in [3.8, 4) is 0 Å². The first kappa shape index (κ1) is 12.6. The predicted octanol–water partition coefficient (Wildman–Crippen LogP) is 0.164. The molecule has 0 aliphatic heterocycles. The smallest absolute Gasteiger partial charge is 0.239 e. The Balaban J connectivity index is 2.33. The van der Waals surface area contributed by atoms with E-state index < -0.39 is 5.54 Å². The number of hydrogen-bond donors (Lipinski definition) is 2. The van der Waals surface area contributed by atoms with Crippen LogP contribution in [-0.2, 0) is 11.2 Å². The fraction of sp³-hybridized carbons (Fsp3) is 0.700. The van der Waals surface area contributed by atoms with Crippen LogP contribution in [-0.4, -0.2) is 28.1 Å². The number of amides is 1. The molecular weight excluding hydrogens is 208 g/mol. The van der Waals surface area contributed by atoms with Crippen LogP contribution in [0.3, 0.4) is 0 Å². The number of aromatic nitrogens is 2. The van der Waals surface area contributed by atoms with Gasteiger partial charge < -0.3 is 15.6 Å². The number of nitrogens with zero attached hydrogens (tertiary/aromatic N) is 2. The average Bonchev–Trinajstić information content (AvgIpc) is 2.64. The number of rotatable bonds is 5. The van der Waals surface area contributed by atoms with Gasteiger partial charge in [0.1, 0.15) is 0 Å². The lowest BCUT2D eigenvalue weighted by atomic mass is 10.00. The zero-order valence-electron chi connectivity index (χ0n) is 9.91. The Morgan fingerprint density at radius 3 is 2.81 bits per heavy atom. The van der Waals surface area contributed by atoms with Crippen molar-refractivity contribution in [2.24, 2.45) is 5.73 Å². The third-order valence-electron chi connectivity index (χ3n) is 2.46. The molecule has 1 heterocycles. The number of aryl methyl sites for hydroxylation is 1. The van der Waals surface area contributed by atoms with Crippen molar-refractivity contribution in [1.29, 1.82) is 0 Å². The van der Waals surface area contributed by atoms with Crippen LogP contribution in [0, 0.1) is 6.92 Å². The Hall–Kier alpha value is -1.43. The summed E-state index contributed by atoms with van der Waals surface area (Å²) >= 11 is 0. The van der Waals surface area contributed by atoms with E-state index in [4.69, 9.17) is 10.3 Å². The molecule has 90 valence electrons. The Kier molecular flexibility index (Phi) is 4.00. The highest BCUT2D eigenvalue weighted by atomic mass is 16.5. The van der Waals surface area contributed by atoms with Crippen molar-refractivity contribution in [3.63, 3.8) is 0 Å². The van der Waals surface area contributed by atoms with Crippen molar-refractivity contribution in [1.82, 2.24) is 15.5 Å². The predicted molar refractivity (Wildman–Crippen MR) is 58.6 cm³/mol. The van der Waals surface area contributed by atoms with Gasteiger partial charge in [0.05, 0.1) is 5.54 Å². The lowest BCUT2D eigenvalue weighted by Gasteiger charge is -2.21. The molecule has 1 amide bonds. The molecule has 1 unspecified atom stereocenters. The van der Waals surface area contributed by atoms with Gasteiger partial charge in [-0.1, -0.05) is 12.1 Å². The summed E-state index contributed by atoms with van der Waals surface area (Å²) in [5.41, 5.74) is 4.97. The first-order valence-electron chi connectivity index (χ1n) is 5.32. The molecule has 1 aromatic heterocycles. The molecule has 6 heteroatoms. The lowest BCUT2D eigenvalue weighted by Crippen LogP contribution is -2.51. The Labute approximate surface area is 94.6 Å². The summed E-state index contributed by atoms with van der Waals surface area (Å²) in [5.74, 6) is 0.960. The molecule has 1 rings (SSSR count). The van der Waals surface area contributed by atoms with Gasteiger partial charge in [-0.15, -0.1) is 0 Å². The summed E-state index contributed by atoms with van der Waals surface area (Å²) in [4.78, 5) is 15.6. The van der Waals surface area contributed by atoms with Gasteiger partial charge in [-0.2, -0.15) is 4.98 Å². The summed E-state index contributed by atoms with van der Waals surface area (Å²) < 4.78 is 4.81. The zero-order valence-corrected chi connectivity index (χ0v) is 9.91. The highest BCUT2D eigenvalue weighted by Gasteiger charge is 2.25. The third kappa shape index (κ3) is 3.30. The normalized spacial score (nSPS) is 14.5. The lowest BCUT2D eigenvalue weighted by molar-refractivity contribution is -0.125. The number of carbonyl (C=O) groups is 1. The molecule has 0 aliphatic carbocycles. The van der Waals surface area contributed by atoms with Crippen molar-refractivity contribution in [2.75, 3.05) is 6.54 Å². The van der Waals surface area contributed by atoms with Crippen LogP contribution >= 0.6 is 0 Å². The number of hydrogen-bond acceptors (Lipinski definition) is 5. The molecule has 0 fully saturated rings. The van der Waals surface area contributed by atoms with Gasteiger partial charge in [-0.3, -0.25) is 4.79 Å². The van der Waals surface area contributed by atoms with E-state index in [-0.39, 0.29) is 5.91 Å². The molecule has 0 aliphatic rings. The van der Waals surface area contributed by atoms with Crippen LogP contribution in [0.2, 0.25) is 0 Å². The van der Waals surface area contributed by atoms with Gasteiger partial charge in [0.25, 0.3) is 0 Å². The Morgan fingerprint density at radius 2 is 2.31 bits per heavy atom. The Bertz CT molecular complexity index is 359. The summed E-state index contributed by atoms with van der Waals surface area (Å²) in [5, 5.41) is 6.47. The molecule has 0 radical (unpaired) electrons. The van der Waals surface area contributed by atoms with Crippen LogP contribution in [0.25, 0.3) is 0 Å². The van der Waals surface area contributed by atoms with Gasteiger partial charge in [0.15, 0.2) is 5.82 Å². The summed E-state index contributed by atoms with van der Waals surface area (Å²) in [6, 6.07) is 0. The highest BCUT2D eigenvalue weighted by Crippen LogP contribution is 2.04. The molecule has 0 bridgehead atoms. The van der Waals surface area contributed by atoms with E-state index in [0.717, 1.165) is 0 Å². The van der Waals surface area contributed by atoms with Crippen molar-refractivity contribution in [2.45, 2.75) is 39.2 Å². The van der Waals surface area contributed by atoms with E-state index in [1.54, 1.807) is 13.8 Å². The summed E-state index contributed by atoms with van der Waals surface area (Å²) in [7, 11) is 0. The monoisotopic (exact) mass is 226 g/mol. The third-order valence-corrected chi connectivity index (χ3v) is 2.46. The SMILES string of the molecule is CCC(C)(N)C(=O)NCCc1noc(C)n1. The first-order valence-corrected chi connectivity index (χ1v) is 5.32. The van der Waals surface area contributed by atoms with Crippen LogP contribution in [0.4, 0.5) is 0 Å². The molecular formula is C10H18N4O2. The summed E-state index contributed by atoms with van der Waals surface area (Å²) in [6.07, 6.45) is 1.14. The van der Waals surface area contributed by atoms with E-state index in [0.29, 0.717) is 31.1 Å². The maximum absolute atomic E-state index is 11.6. The maximum atomic E-state index is 11.6. The van der Waals surface area contributed by atoms with Crippen molar-refractivity contribution < 1.29 is 9.32 Å². The van der Waals surface area contributed by atoms with Gasteiger partial charge in [0, 0.05) is 19.9 Å². The largest absolute Gasteiger partial charge is 0.354 e. The molecule has 16 heavy (non-hydrogen) atoms. The molecule has 0 saturated heterocycles. The van der Waals surface area contributed by atoms with Crippen LogP contribution in [0.5, 0.6) is 0 Å². The second-order valence-electron chi connectivity index (χ2n) is 4.01. The fourth-order valence-electron chi connectivity index (χ4n) is 1.09. The van der Waals surface area contributed by atoms with Crippen molar-refractivity contribution >= 4 is 5.91 Å². The average molecular weight is 226 g/mol. The maximum Gasteiger partial charge on any atom is 0.239 e. The minimum atomic E-state index is -0.812. The zero-order chi connectivity index (χ0) is 12.2. The second kappa shape index (κ2) is 5.07. The summed E-state index contributed by atoms with van der Waals surface area (Å²) in [6.45, 7) is 5.77. The van der Waals surface area contributed by atoms with Crippen LogP contribution < -0.4 is 11.1 Å². The number of nitrogens with two attached hydrogens (primary N) is 1. The molecule has 0 spiro atoms.